The molecule has 14 heteroatoms. The maximum atomic E-state index is 14.1. The van der Waals surface area contributed by atoms with E-state index in [0.717, 1.165) is 12.4 Å². The van der Waals surface area contributed by atoms with E-state index in [2.05, 4.69) is 30.7 Å². The molecule has 1 atom stereocenters. The molecule has 1 amide bonds. The lowest BCUT2D eigenvalue weighted by Gasteiger charge is -2.22. The Balaban J connectivity index is 1.70. The molecule has 0 aliphatic rings. The average Bonchev–Trinajstić information content (AvgIpc) is 3.48. The zero-order chi connectivity index (χ0) is 26.0. The number of anilines is 2. The predicted molar refractivity (Wildman–Crippen MR) is 122 cm³/mol. The summed E-state index contributed by atoms with van der Waals surface area (Å²) in [5.74, 6) is -0.438. The number of carbonyl (C=O) groups excluding carboxylic acids is 1. The van der Waals surface area contributed by atoms with E-state index in [1.54, 1.807) is 6.07 Å². The first kappa shape index (κ1) is 24.6. The Morgan fingerprint density at radius 1 is 1.19 bits per heavy atom. The van der Waals surface area contributed by atoms with Gasteiger partial charge in [-0.15, -0.1) is 0 Å². The maximum absolute atomic E-state index is 14.1. The average molecular weight is 499 g/mol. The number of imidazole rings is 1. The Morgan fingerprint density at radius 2 is 1.97 bits per heavy atom. The molecule has 0 aromatic carbocycles. The molecule has 1 unspecified atom stereocenters. The van der Waals surface area contributed by atoms with Gasteiger partial charge >= 0.3 is 6.55 Å². The Bertz CT molecular complexity index is 1450. The fraction of sp³-hybridized carbons (Fsp3) is 0.273. The highest BCUT2D eigenvalue weighted by Gasteiger charge is 2.27. The first-order chi connectivity index (χ1) is 17.1. The molecule has 4 heterocycles. The van der Waals surface area contributed by atoms with Crippen LogP contribution >= 0.6 is 0 Å². The van der Waals surface area contributed by atoms with Gasteiger partial charge in [-0.05, 0) is 19.9 Å². The molecule has 0 bridgehead atoms. The van der Waals surface area contributed by atoms with Crippen LogP contribution in [0.1, 0.15) is 36.3 Å². The summed E-state index contributed by atoms with van der Waals surface area (Å²) in [5, 5.41) is 27.7. The number of aromatic nitrogens is 6. The van der Waals surface area contributed by atoms with E-state index in [1.807, 2.05) is 6.07 Å². The quantitative estimate of drug-likeness (QED) is 0.335. The van der Waals surface area contributed by atoms with Crippen LogP contribution in [0.25, 0.3) is 17.0 Å². The highest BCUT2D eigenvalue weighted by atomic mass is 19.3. The van der Waals surface area contributed by atoms with Crippen molar-refractivity contribution in [2.45, 2.75) is 32.2 Å². The number of hydrogen-bond donors (Lipinski definition) is 3. The normalized spacial score (nSPS) is 12.5. The Kier molecular flexibility index (Phi) is 6.58. The zero-order valence-corrected chi connectivity index (χ0v) is 19.0. The third-order valence-corrected chi connectivity index (χ3v) is 5.19. The van der Waals surface area contributed by atoms with Crippen LogP contribution in [0, 0.1) is 11.3 Å². The van der Waals surface area contributed by atoms with Gasteiger partial charge in [-0.1, -0.05) is 0 Å². The van der Waals surface area contributed by atoms with Crippen molar-refractivity contribution in [3.63, 3.8) is 0 Å². The van der Waals surface area contributed by atoms with E-state index in [4.69, 9.17) is 5.26 Å². The third kappa shape index (κ3) is 5.10. The van der Waals surface area contributed by atoms with Crippen molar-refractivity contribution in [2.75, 3.05) is 11.9 Å². The number of nitriles is 1. The molecule has 0 spiro atoms. The number of nitrogens with one attached hydrogen (secondary N) is 2. The molecule has 4 rings (SSSR count). The van der Waals surface area contributed by atoms with E-state index < -0.39 is 30.8 Å². The Morgan fingerprint density at radius 3 is 2.64 bits per heavy atom. The summed E-state index contributed by atoms with van der Waals surface area (Å²) in [6.45, 7) is -0.779. The Hall–Kier alpha value is -4.51. The van der Waals surface area contributed by atoms with Crippen LogP contribution in [-0.2, 0) is 0 Å². The standard InChI is InChI=1S/C22H20F3N9O2/c1-22(2,36)17(23)9-29-20(35)14-8-27-18(4-15(14)32-13-7-31-34(10-13)21(24)25)33-11-30-16-3-12(5-26)6-28-19(16)33/h3-4,6-8,10-11,17,21,36H,9H2,1-2H3,(H,27,32)(H,29,35). The number of alkyl halides is 3. The number of aliphatic hydroxyl groups is 1. The van der Waals surface area contributed by atoms with Crippen molar-refractivity contribution >= 4 is 28.4 Å². The van der Waals surface area contributed by atoms with Gasteiger partial charge in [-0.25, -0.2) is 24.0 Å². The summed E-state index contributed by atoms with van der Waals surface area (Å²) >= 11 is 0. The van der Waals surface area contributed by atoms with Crippen molar-refractivity contribution in [2.24, 2.45) is 0 Å². The van der Waals surface area contributed by atoms with Crippen LogP contribution in [0.2, 0.25) is 0 Å². The second kappa shape index (κ2) is 9.62. The topological polar surface area (TPSA) is 147 Å². The fourth-order valence-electron chi connectivity index (χ4n) is 3.18. The predicted octanol–water partition coefficient (Wildman–Crippen LogP) is 2.86. The molecule has 3 N–H and O–H groups in total. The number of pyridine rings is 2. The first-order valence-electron chi connectivity index (χ1n) is 10.5. The van der Waals surface area contributed by atoms with Crippen molar-refractivity contribution in [3.8, 4) is 11.9 Å². The molecule has 4 aromatic heterocycles. The highest BCUT2D eigenvalue weighted by molar-refractivity contribution is 6.00. The van der Waals surface area contributed by atoms with Gasteiger partial charge in [0.1, 0.15) is 29.9 Å². The first-order valence-corrected chi connectivity index (χ1v) is 10.5. The summed E-state index contributed by atoms with van der Waals surface area (Å²) < 4.78 is 42.0. The van der Waals surface area contributed by atoms with Gasteiger partial charge in [0, 0.05) is 18.5 Å². The van der Waals surface area contributed by atoms with Crippen LogP contribution < -0.4 is 10.6 Å². The molecule has 0 fully saturated rings. The van der Waals surface area contributed by atoms with Crippen LogP contribution in [0.4, 0.5) is 24.5 Å². The lowest BCUT2D eigenvalue weighted by molar-refractivity contribution is -0.00177. The minimum absolute atomic E-state index is 0.0179. The molecule has 36 heavy (non-hydrogen) atoms. The number of amides is 1. The van der Waals surface area contributed by atoms with Crippen LogP contribution in [0.15, 0.2) is 43.2 Å². The van der Waals surface area contributed by atoms with Crippen molar-refractivity contribution in [3.05, 3.63) is 54.4 Å². The molecule has 4 aromatic rings. The van der Waals surface area contributed by atoms with Gasteiger partial charge in [0.05, 0.1) is 47.0 Å². The number of fused-ring (bicyclic) bond motifs is 1. The monoisotopic (exact) mass is 499 g/mol. The number of hydrogen-bond acceptors (Lipinski definition) is 8. The van der Waals surface area contributed by atoms with Crippen molar-refractivity contribution in [1.29, 1.82) is 5.26 Å². The summed E-state index contributed by atoms with van der Waals surface area (Å²) in [6.07, 6.45) is 4.48. The van der Waals surface area contributed by atoms with Gasteiger partial charge in [-0.3, -0.25) is 9.36 Å². The van der Waals surface area contributed by atoms with Crippen LogP contribution in [0.3, 0.4) is 0 Å². The summed E-state index contributed by atoms with van der Waals surface area (Å²) in [5.41, 5.74) is -0.221. The van der Waals surface area contributed by atoms with Crippen LogP contribution in [-0.4, -0.2) is 58.6 Å². The summed E-state index contributed by atoms with van der Waals surface area (Å²) in [4.78, 5) is 25.6. The Labute approximate surface area is 202 Å². The summed E-state index contributed by atoms with van der Waals surface area (Å²) in [7, 11) is 0. The lowest BCUT2D eigenvalue weighted by atomic mass is 10.0. The third-order valence-electron chi connectivity index (χ3n) is 5.19. The molecular formula is C22H20F3N9O2. The number of rotatable bonds is 8. The van der Waals surface area contributed by atoms with Gasteiger partial charge in [0.15, 0.2) is 5.65 Å². The van der Waals surface area contributed by atoms with Gasteiger partial charge < -0.3 is 15.7 Å². The smallest absolute Gasteiger partial charge is 0.333 e. The second-order valence-electron chi connectivity index (χ2n) is 8.32. The number of nitrogens with zero attached hydrogens (tertiary/aromatic N) is 7. The molecule has 186 valence electrons. The van der Waals surface area contributed by atoms with Gasteiger partial charge in [-0.2, -0.15) is 19.1 Å². The van der Waals surface area contributed by atoms with E-state index in [-0.39, 0.29) is 22.8 Å². The molecule has 0 aliphatic heterocycles. The maximum Gasteiger partial charge on any atom is 0.333 e. The van der Waals surface area contributed by atoms with E-state index in [0.29, 0.717) is 21.4 Å². The van der Waals surface area contributed by atoms with Crippen molar-refractivity contribution in [1.82, 2.24) is 34.6 Å². The van der Waals surface area contributed by atoms with Crippen molar-refractivity contribution < 1.29 is 23.1 Å². The van der Waals surface area contributed by atoms with Crippen LogP contribution in [0.5, 0.6) is 0 Å². The molecule has 0 aliphatic carbocycles. The fourth-order valence-corrected chi connectivity index (χ4v) is 3.18. The molecule has 0 saturated heterocycles. The van der Waals surface area contributed by atoms with Gasteiger partial charge in [0.2, 0.25) is 0 Å². The lowest BCUT2D eigenvalue weighted by Crippen LogP contribution is -2.42. The minimum atomic E-state index is -2.86. The SMILES string of the molecule is CC(C)(O)C(F)CNC(=O)c1cnc(-n2cnc3cc(C#N)cnc32)cc1Nc1cnn(C(F)F)c1. The molecule has 11 nitrogen and oxygen atoms in total. The molecule has 0 radical (unpaired) electrons. The molecular weight excluding hydrogens is 479 g/mol. The zero-order valence-electron chi connectivity index (χ0n) is 19.0. The molecule has 0 saturated carbocycles. The van der Waals surface area contributed by atoms with Gasteiger partial charge in [0.25, 0.3) is 5.91 Å². The van der Waals surface area contributed by atoms with E-state index >= 15 is 0 Å². The highest BCUT2D eigenvalue weighted by Crippen LogP contribution is 2.25. The number of carbonyl (C=O) groups is 1. The second-order valence-corrected chi connectivity index (χ2v) is 8.32. The largest absolute Gasteiger partial charge is 0.387 e. The summed E-state index contributed by atoms with van der Waals surface area (Å²) in [6, 6.07) is 4.98. The number of halogens is 3. The minimum Gasteiger partial charge on any atom is -0.387 e. The van der Waals surface area contributed by atoms with E-state index in [1.165, 1.54) is 43.2 Å². The van der Waals surface area contributed by atoms with E-state index in [9.17, 15) is 23.1 Å².